The largest absolute Gasteiger partial charge is 0.465 e. The molecule has 0 unspecified atom stereocenters. The number of hydrogen-bond acceptors (Lipinski definition) is 5. The van der Waals surface area contributed by atoms with Gasteiger partial charge in [-0.25, -0.2) is 19.7 Å². The van der Waals surface area contributed by atoms with Crippen molar-refractivity contribution in [3.05, 3.63) is 70.1 Å². The summed E-state index contributed by atoms with van der Waals surface area (Å²) in [7, 11) is 1.35. The maximum absolute atomic E-state index is 12.4. The number of aromatic nitrogens is 5. The zero-order valence-corrected chi connectivity index (χ0v) is 18.4. The average Bonchev–Trinajstić information content (AvgIpc) is 3.42. The van der Waals surface area contributed by atoms with Crippen LogP contribution in [-0.4, -0.2) is 37.8 Å². The lowest BCUT2D eigenvalue weighted by Crippen LogP contribution is -2.16. The van der Waals surface area contributed by atoms with Gasteiger partial charge in [-0.2, -0.15) is 5.10 Å². The van der Waals surface area contributed by atoms with E-state index in [1.807, 2.05) is 43.3 Å². The minimum atomic E-state index is -0.420. The molecule has 1 fully saturated rings. The SMILES string of the molecule is COC(=O)c1ccc(C)c(-c2nc(-c3ccccc3)[nH]c2-c2n[nH]c(=O)n2C2CC2)c1.Cl. The summed E-state index contributed by atoms with van der Waals surface area (Å²) in [5.41, 5.74) is 4.08. The van der Waals surface area contributed by atoms with Gasteiger partial charge < -0.3 is 9.72 Å². The van der Waals surface area contributed by atoms with E-state index in [9.17, 15) is 9.59 Å². The molecule has 2 aromatic carbocycles. The van der Waals surface area contributed by atoms with Crippen molar-refractivity contribution < 1.29 is 9.53 Å². The summed E-state index contributed by atoms with van der Waals surface area (Å²) >= 11 is 0. The van der Waals surface area contributed by atoms with E-state index in [-0.39, 0.29) is 24.1 Å². The number of hydrogen-bond donors (Lipinski definition) is 2. The molecule has 9 heteroatoms. The number of rotatable bonds is 5. The molecule has 0 spiro atoms. The first-order chi connectivity index (χ1) is 15.1. The molecule has 4 aromatic rings. The number of H-pyrrole nitrogens is 2. The highest BCUT2D eigenvalue weighted by Crippen LogP contribution is 2.39. The Morgan fingerprint density at radius 2 is 1.91 bits per heavy atom. The molecule has 2 heterocycles. The van der Waals surface area contributed by atoms with Crippen molar-refractivity contribution in [3.63, 3.8) is 0 Å². The van der Waals surface area contributed by atoms with E-state index in [1.165, 1.54) is 7.11 Å². The number of methoxy groups -OCH3 is 1. The van der Waals surface area contributed by atoms with Crippen LogP contribution in [0.15, 0.2) is 53.3 Å². The smallest absolute Gasteiger partial charge is 0.343 e. The fourth-order valence-corrected chi connectivity index (χ4v) is 3.74. The van der Waals surface area contributed by atoms with Crippen LogP contribution in [0.2, 0.25) is 0 Å². The molecule has 0 radical (unpaired) electrons. The van der Waals surface area contributed by atoms with E-state index in [2.05, 4.69) is 15.2 Å². The van der Waals surface area contributed by atoms with E-state index in [0.29, 0.717) is 28.6 Å². The fraction of sp³-hybridized carbons (Fsp3) is 0.217. The molecule has 32 heavy (non-hydrogen) atoms. The van der Waals surface area contributed by atoms with Gasteiger partial charge >= 0.3 is 11.7 Å². The van der Waals surface area contributed by atoms with Crippen LogP contribution in [0.25, 0.3) is 34.2 Å². The summed E-state index contributed by atoms with van der Waals surface area (Å²) in [4.78, 5) is 32.8. The van der Waals surface area contributed by atoms with Crippen LogP contribution in [0.4, 0.5) is 0 Å². The van der Waals surface area contributed by atoms with E-state index in [0.717, 1.165) is 29.5 Å². The number of aromatic amines is 2. The van der Waals surface area contributed by atoms with Gasteiger partial charge in [-0.15, -0.1) is 12.4 Å². The summed E-state index contributed by atoms with van der Waals surface area (Å²) in [5.74, 6) is 0.752. The van der Waals surface area contributed by atoms with Crippen molar-refractivity contribution in [2.45, 2.75) is 25.8 Å². The number of ether oxygens (including phenoxy) is 1. The molecule has 1 saturated carbocycles. The van der Waals surface area contributed by atoms with Gasteiger partial charge in [0.05, 0.1) is 12.7 Å². The first-order valence-corrected chi connectivity index (χ1v) is 10.1. The number of imidazole rings is 1. The number of nitrogens with zero attached hydrogens (tertiary/aromatic N) is 3. The average molecular weight is 452 g/mol. The minimum absolute atomic E-state index is 0. The Hall–Kier alpha value is -3.65. The van der Waals surface area contributed by atoms with Crippen molar-refractivity contribution in [1.82, 2.24) is 24.7 Å². The van der Waals surface area contributed by atoms with Crippen molar-refractivity contribution in [1.29, 1.82) is 0 Å². The van der Waals surface area contributed by atoms with Crippen LogP contribution in [0.3, 0.4) is 0 Å². The number of carbonyl (C=O) groups is 1. The van der Waals surface area contributed by atoms with E-state index >= 15 is 0 Å². The molecule has 0 bridgehead atoms. The lowest BCUT2D eigenvalue weighted by molar-refractivity contribution is 0.0601. The summed E-state index contributed by atoms with van der Waals surface area (Å²) in [6, 6.07) is 15.2. The Balaban J connectivity index is 0.00000245. The summed E-state index contributed by atoms with van der Waals surface area (Å²) < 4.78 is 6.57. The summed E-state index contributed by atoms with van der Waals surface area (Å²) in [5, 5.41) is 6.88. The molecule has 0 atom stereocenters. The molecule has 1 aliphatic carbocycles. The summed E-state index contributed by atoms with van der Waals surface area (Å²) in [6.07, 6.45) is 1.89. The Kier molecular flexibility index (Phi) is 5.71. The maximum Gasteiger partial charge on any atom is 0.343 e. The quantitative estimate of drug-likeness (QED) is 0.443. The second kappa shape index (κ2) is 8.47. The van der Waals surface area contributed by atoms with Gasteiger partial charge in [0, 0.05) is 17.2 Å². The number of carbonyl (C=O) groups excluding carboxylic acids is 1. The van der Waals surface area contributed by atoms with Gasteiger partial charge in [0.1, 0.15) is 17.2 Å². The van der Waals surface area contributed by atoms with Crippen LogP contribution < -0.4 is 5.69 Å². The van der Waals surface area contributed by atoms with Gasteiger partial charge in [-0.3, -0.25) is 4.57 Å². The van der Waals surface area contributed by atoms with Crippen LogP contribution in [0.1, 0.15) is 34.8 Å². The second-order valence-corrected chi connectivity index (χ2v) is 7.65. The minimum Gasteiger partial charge on any atom is -0.465 e. The van der Waals surface area contributed by atoms with Gasteiger partial charge in [0.2, 0.25) is 0 Å². The third-order valence-electron chi connectivity index (χ3n) is 5.50. The van der Waals surface area contributed by atoms with E-state index < -0.39 is 5.97 Å². The summed E-state index contributed by atoms with van der Waals surface area (Å²) in [6.45, 7) is 1.95. The van der Waals surface area contributed by atoms with Crippen molar-refractivity contribution in [2.75, 3.05) is 7.11 Å². The number of aryl methyl sites for hydroxylation is 1. The van der Waals surface area contributed by atoms with Crippen molar-refractivity contribution in [2.24, 2.45) is 0 Å². The van der Waals surface area contributed by atoms with E-state index in [4.69, 9.17) is 9.72 Å². The van der Waals surface area contributed by atoms with Gasteiger partial charge in [-0.05, 0) is 37.5 Å². The van der Waals surface area contributed by atoms with E-state index in [1.54, 1.807) is 16.7 Å². The van der Waals surface area contributed by atoms with Gasteiger partial charge in [0.15, 0.2) is 5.82 Å². The predicted octanol–water partition coefficient (Wildman–Crippen LogP) is 4.15. The predicted molar refractivity (Wildman–Crippen MR) is 123 cm³/mol. The Morgan fingerprint density at radius 1 is 1.16 bits per heavy atom. The highest BCUT2D eigenvalue weighted by atomic mass is 35.5. The van der Waals surface area contributed by atoms with Crippen LogP contribution >= 0.6 is 12.4 Å². The highest BCUT2D eigenvalue weighted by Gasteiger charge is 2.31. The van der Waals surface area contributed by atoms with Crippen molar-refractivity contribution in [3.8, 4) is 34.2 Å². The molecular formula is C23H22ClN5O3. The normalized spacial score (nSPS) is 12.9. The second-order valence-electron chi connectivity index (χ2n) is 7.65. The van der Waals surface area contributed by atoms with Crippen LogP contribution in [-0.2, 0) is 4.74 Å². The molecule has 164 valence electrons. The third-order valence-corrected chi connectivity index (χ3v) is 5.50. The number of esters is 1. The molecule has 8 nitrogen and oxygen atoms in total. The fourth-order valence-electron chi connectivity index (χ4n) is 3.74. The Bertz CT molecular complexity index is 1340. The first-order valence-electron chi connectivity index (χ1n) is 10.1. The topological polar surface area (TPSA) is 106 Å². The van der Waals surface area contributed by atoms with Crippen molar-refractivity contribution >= 4 is 18.4 Å². The standard InChI is InChI=1S/C23H21N5O3.ClH/c1-13-8-9-15(22(29)31-2)12-17(13)18-19(21-26-27-23(30)28(21)16-10-11-16)25-20(24-18)14-6-4-3-5-7-14;/h3-9,12,16H,10-11H2,1-2H3,(H,24,25)(H,27,30);1H. The lowest BCUT2D eigenvalue weighted by Gasteiger charge is -2.09. The zero-order valence-electron chi connectivity index (χ0n) is 17.6. The van der Waals surface area contributed by atoms with Gasteiger partial charge in [0.25, 0.3) is 0 Å². The Morgan fingerprint density at radius 3 is 2.59 bits per heavy atom. The first kappa shape index (κ1) is 21.6. The number of nitrogens with one attached hydrogen (secondary N) is 2. The monoisotopic (exact) mass is 451 g/mol. The molecule has 0 amide bonds. The number of halogens is 1. The number of benzene rings is 2. The molecule has 2 aromatic heterocycles. The zero-order chi connectivity index (χ0) is 21.5. The molecule has 0 saturated heterocycles. The molecule has 5 rings (SSSR count). The molecule has 0 aliphatic heterocycles. The Labute approximate surface area is 190 Å². The maximum atomic E-state index is 12.4. The highest BCUT2D eigenvalue weighted by molar-refractivity contribution is 5.92. The van der Waals surface area contributed by atoms with Gasteiger partial charge in [-0.1, -0.05) is 36.4 Å². The lowest BCUT2D eigenvalue weighted by atomic mass is 10.0. The van der Waals surface area contributed by atoms with Crippen LogP contribution in [0.5, 0.6) is 0 Å². The molecule has 1 aliphatic rings. The third kappa shape index (κ3) is 3.73. The molecule has 2 N–H and O–H groups in total. The molecular weight excluding hydrogens is 430 g/mol. The van der Waals surface area contributed by atoms with Crippen LogP contribution in [0, 0.1) is 6.92 Å².